The Morgan fingerprint density at radius 1 is 1.44 bits per heavy atom. The van der Waals surface area contributed by atoms with Crippen LogP contribution in [0.1, 0.15) is 40.0 Å². The standard InChI is InChI=1S/C12H22N2O2/c1-5-10(13-4)12(16)14-8(2)6-7-11(14)9(3)15/h8,10-11,13H,5-7H2,1-4H3. The van der Waals surface area contributed by atoms with Gasteiger partial charge < -0.3 is 10.2 Å². The summed E-state index contributed by atoms with van der Waals surface area (Å²) >= 11 is 0. The maximum atomic E-state index is 12.2. The van der Waals surface area contributed by atoms with Crippen molar-refractivity contribution < 1.29 is 9.59 Å². The summed E-state index contributed by atoms with van der Waals surface area (Å²) in [6.45, 7) is 5.56. The highest BCUT2D eigenvalue weighted by Crippen LogP contribution is 2.25. The molecule has 3 unspecified atom stereocenters. The van der Waals surface area contributed by atoms with Gasteiger partial charge in [0.2, 0.25) is 5.91 Å². The van der Waals surface area contributed by atoms with Crippen LogP contribution in [-0.2, 0) is 9.59 Å². The lowest BCUT2D eigenvalue weighted by atomic mass is 10.1. The Hall–Kier alpha value is -0.900. The molecule has 0 aromatic rings. The van der Waals surface area contributed by atoms with E-state index < -0.39 is 0 Å². The number of nitrogens with one attached hydrogen (secondary N) is 1. The normalized spacial score (nSPS) is 26.9. The molecule has 3 atom stereocenters. The molecule has 0 aromatic heterocycles. The molecule has 92 valence electrons. The van der Waals surface area contributed by atoms with Crippen LogP contribution in [-0.4, -0.2) is 41.8 Å². The second-order valence-electron chi connectivity index (χ2n) is 4.55. The number of carbonyl (C=O) groups excluding carboxylic acids is 2. The number of rotatable bonds is 4. The molecular formula is C12H22N2O2. The number of amides is 1. The molecule has 1 aliphatic rings. The van der Waals surface area contributed by atoms with E-state index in [4.69, 9.17) is 0 Å². The van der Waals surface area contributed by atoms with Crippen molar-refractivity contribution in [1.82, 2.24) is 10.2 Å². The first-order valence-electron chi connectivity index (χ1n) is 6.02. The fraction of sp³-hybridized carbons (Fsp3) is 0.833. The van der Waals surface area contributed by atoms with Gasteiger partial charge in [0.25, 0.3) is 0 Å². The summed E-state index contributed by atoms with van der Waals surface area (Å²) in [5, 5.41) is 3.01. The van der Waals surface area contributed by atoms with Crippen molar-refractivity contribution in [1.29, 1.82) is 0 Å². The van der Waals surface area contributed by atoms with E-state index in [-0.39, 0.29) is 29.8 Å². The van der Waals surface area contributed by atoms with Crippen LogP contribution < -0.4 is 5.32 Å². The zero-order valence-corrected chi connectivity index (χ0v) is 10.6. The van der Waals surface area contributed by atoms with Crippen molar-refractivity contribution in [2.45, 2.75) is 58.2 Å². The summed E-state index contributed by atoms with van der Waals surface area (Å²) in [6, 6.07) is -0.184. The van der Waals surface area contributed by atoms with Crippen LogP contribution >= 0.6 is 0 Å². The van der Waals surface area contributed by atoms with Crippen LogP contribution in [0, 0.1) is 0 Å². The zero-order valence-electron chi connectivity index (χ0n) is 10.6. The maximum Gasteiger partial charge on any atom is 0.240 e. The minimum absolute atomic E-state index is 0.0650. The average Bonchev–Trinajstić information content (AvgIpc) is 2.61. The summed E-state index contributed by atoms with van der Waals surface area (Å²) in [5.74, 6) is 0.166. The summed E-state index contributed by atoms with van der Waals surface area (Å²) in [5.41, 5.74) is 0. The molecule has 1 fully saturated rings. The molecule has 4 nitrogen and oxygen atoms in total. The molecule has 0 radical (unpaired) electrons. The second-order valence-corrected chi connectivity index (χ2v) is 4.55. The summed E-state index contributed by atoms with van der Waals surface area (Å²) in [7, 11) is 1.79. The van der Waals surface area contributed by atoms with Crippen molar-refractivity contribution in [3.63, 3.8) is 0 Å². The molecule has 1 rings (SSSR count). The van der Waals surface area contributed by atoms with E-state index in [9.17, 15) is 9.59 Å². The average molecular weight is 226 g/mol. The molecule has 1 N–H and O–H groups in total. The number of nitrogens with zero attached hydrogens (tertiary/aromatic N) is 1. The van der Waals surface area contributed by atoms with Crippen LogP contribution in [0.5, 0.6) is 0 Å². The highest BCUT2D eigenvalue weighted by Gasteiger charge is 2.38. The first-order valence-corrected chi connectivity index (χ1v) is 6.02. The Labute approximate surface area is 97.4 Å². The zero-order chi connectivity index (χ0) is 12.3. The molecule has 0 aromatic carbocycles. The Bertz CT molecular complexity index is 274. The van der Waals surface area contributed by atoms with Gasteiger partial charge >= 0.3 is 0 Å². The Morgan fingerprint density at radius 2 is 2.06 bits per heavy atom. The number of Topliss-reactive ketones (excluding diaryl/α,β-unsaturated/α-hetero) is 1. The van der Waals surface area contributed by atoms with Crippen LogP contribution in [0.3, 0.4) is 0 Å². The quantitative estimate of drug-likeness (QED) is 0.776. The monoisotopic (exact) mass is 226 g/mol. The third-order valence-electron chi connectivity index (χ3n) is 3.45. The number of likely N-dealkylation sites (N-methyl/N-ethyl adjacent to an activating group) is 1. The molecule has 0 spiro atoms. The lowest BCUT2D eigenvalue weighted by Crippen LogP contribution is -2.51. The minimum Gasteiger partial charge on any atom is -0.329 e. The Morgan fingerprint density at radius 3 is 2.50 bits per heavy atom. The number of hydrogen-bond donors (Lipinski definition) is 1. The molecule has 0 saturated carbocycles. The number of carbonyl (C=O) groups is 2. The van der Waals surface area contributed by atoms with E-state index in [1.54, 1.807) is 18.9 Å². The van der Waals surface area contributed by atoms with Gasteiger partial charge in [-0.3, -0.25) is 9.59 Å². The lowest BCUT2D eigenvalue weighted by Gasteiger charge is -2.30. The smallest absolute Gasteiger partial charge is 0.240 e. The van der Waals surface area contributed by atoms with E-state index in [1.165, 1.54) is 0 Å². The minimum atomic E-state index is -0.204. The third kappa shape index (κ3) is 2.43. The topological polar surface area (TPSA) is 49.4 Å². The van der Waals surface area contributed by atoms with Crippen molar-refractivity contribution in [2.75, 3.05) is 7.05 Å². The van der Waals surface area contributed by atoms with Crippen LogP contribution in [0.15, 0.2) is 0 Å². The fourth-order valence-corrected chi connectivity index (χ4v) is 2.44. The summed E-state index contributed by atoms with van der Waals surface area (Å²) < 4.78 is 0. The molecule has 1 aliphatic heterocycles. The fourth-order valence-electron chi connectivity index (χ4n) is 2.44. The molecular weight excluding hydrogens is 204 g/mol. The largest absolute Gasteiger partial charge is 0.329 e. The molecule has 1 heterocycles. The van der Waals surface area contributed by atoms with Gasteiger partial charge in [-0.25, -0.2) is 0 Å². The van der Waals surface area contributed by atoms with E-state index in [1.807, 2.05) is 13.8 Å². The lowest BCUT2D eigenvalue weighted by molar-refractivity contribution is -0.140. The van der Waals surface area contributed by atoms with E-state index >= 15 is 0 Å². The van der Waals surface area contributed by atoms with Crippen LogP contribution in [0.4, 0.5) is 0 Å². The molecule has 0 aliphatic carbocycles. The van der Waals surface area contributed by atoms with Gasteiger partial charge in [0.05, 0.1) is 12.1 Å². The van der Waals surface area contributed by atoms with Gasteiger partial charge in [-0.1, -0.05) is 6.92 Å². The molecule has 16 heavy (non-hydrogen) atoms. The van der Waals surface area contributed by atoms with Gasteiger partial charge in [0, 0.05) is 6.04 Å². The van der Waals surface area contributed by atoms with Crippen LogP contribution in [0.2, 0.25) is 0 Å². The maximum absolute atomic E-state index is 12.2. The number of ketones is 1. The molecule has 0 bridgehead atoms. The van der Waals surface area contributed by atoms with Gasteiger partial charge in [0.1, 0.15) is 0 Å². The van der Waals surface area contributed by atoms with E-state index in [2.05, 4.69) is 5.32 Å². The molecule has 1 saturated heterocycles. The first kappa shape index (κ1) is 13.2. The summed E-state index contributed by atoms with van der Waals surface area (Å²) in [6.07, 6.45) is 2.49. The van der Waals surface area contributed by atoms with E-state index in [0.29, 0.717) is 0 Å². The van der Waals surface area contributed by atoms with Crippen molar-refractivity contribution >= 4 is 11.7 Å². The second kappa shape index (κ2) is 5.43. The van der Waals surface area contributed by atoms with Gasteiger partial charge in [-0.2, -0.15) is 0 Å². The third-order valence-corrected chi connectivity index (χ3v) is 3.45. The van der Waals surface area contributed by atoms with Gasteiger partial charge in [0.15, 0.2) is 5.78 Å². The van der Waals surface area contributed by atoms with E-state index in [0.717, 1.165) is 19.3 Å². The van der Waals surface area contributed by atoms with Gasteiger partial charge in [-0.15, -0.1) is 0 Å². The van der Waals surface area contributed by atoms with Crippen LogP contribution in [0.25, 0.3) is 0 Å². The highest BCUT2D eigenvalue weighted by atomic mass is 16.2. The predicted octanol–water partition coefficient (Wildman–Crippen LogP) is 0.953. The Balaban J connectivity index is 2.82. The number of likely N-dealkylation sites (tertiary alicyclic amines) is 1. The molecule has 1 amide bonds. The van der Waals surface area contributed by atoms with Crippen molar-refractivity contribution in [2.24, 2.45) is 0 Å². The SMILES string of the molecule is CCC(NC)C(=O)N1C(C)CCC1C(C)=O. The number of hydrogen-bond acceptors (Lipinski definition) is 3. The van der Waals surface area contributed by atoms with Crippen molar-refractivity contribution in [3.05, 3.63) is 0 Å². The van der Waals surface area contributed by atoms with Crippen molar-refractivity contribution in [3.8, 4) is 0 Å². The van der Waals surface area contributed by atoms with Gasteiger partial charge in [-0.05, 0) is 40.2 Å². The predicted molar refractivity (Wildman–Crippen MR) is 63.1 cm³/mol. The molecule has 4 heteroatoms. The Kier molecular flexibility index (Phi) is 4.47. The first-order chi connectivity index (χ1) is 7.52. The highest BCUT2D eigenvalue weighted by molar-refractivity contribution is 5.90. The summed E-state index contributed by atoms with van der Waals surface area (Å²) in [4.78, 5) is 25.5.